The topological polar surface area (TPSA) is 26.3 Å². The molecule has 0 saturated carbocycles. The summed E-state index contributed by atoms with van der Waals surface area (Å²) in [4.78, 5) is 10.7. The zero-order valence-electron chi connectivity index (χ0n) is 5.68. The Morgan fingerprint density at radius 1 is 1.56 bits per heavy atom. The maximum Gasteiger partial charge on any atom is 0.334 e. The van der Waals surface area contributed by atoms with Crippen molar-refractivity contribution in [2.75, 3.05) is 0 Å². The fourth-order valence-corrected chi connectivity index (χ4v) is 0.816. The van der Waals surface area contributed by atoms with Crippen LogP contribution in [0.15, 0.2) is 12.2 Å². The lowest BCUT2D eigenvalue weighted by molar-refractivity contribution is -0.138. The van der Waals surface area contributed by atoms with Gasteiger partial charge in [-0.15, -0.1) is 0 Å². The van der Waals surface area contributed by atoms with Crippen LogP contribution in [-0.4, -0.2) is 12.1 Å². The van der Waals surface area contributed by atoms with Crippen molar-refractivity contribution in [2.45, 2.75) is 20.0 Å². The van der Waals surface area contributed by atoms with Crippen LogP contribution in [0.3, 0.4) is 0 Å². The number of hydrogen-bond acceptors (Lipinski definition) is 2. The largest absolute Gasteiger partial charge is 0.459 e. The van der Waals surface area contributed by atoms with E-state index in [0.29, 0.717) is 5.57 Å². The molecule has 1 rings (SSSR count). The standard InChI is InChI=1S/C7H10O2/c1-4-5(2)7(8)9-6(4)3/h4,6H,2H2,1,3H3/t4-,6+/m0/s1. The summed E-state index contributed by atoms with van der Waals surface area (Å²) in [6, 6.07) is 0. The molecular formula is C7H10O2. The number of hydrogen-bond donors (Lipinski definition) is 0. The molecular weight excluding hydrogens is 116 g/mol. The van der Waals surface area contributed by atoms with Crippen molar-refractivity contribution >= 4 is 5.97 Å². The minimum Gasteiger partial charge on any atom is -0.459 e. The van der Waals surface area contributed by atoms with Crippen LogP contribution in [-0.2, 0) is 9.53 Å². The van der Waals surface area contributed by atoms with Crippen molar-refractivity contribution < 1.29 is 9.53 Å². The number of carbonyl (C=O) groups is 1. The molecule has 1 saturated heterocycles. The molecule has 0 aliphatic carbocycles. The van der Waals surface area contributed by atoms with Crippen LogP contribution in [0, 0.1) is 5.92 Å². The normalized spacial score (nSPS) is 34.9. The lowest BCUT2D eigenvalue weighted by Gasteiger charge is -2.03. The van der Waals surface area contributed by atoms with Crippen LogP contribution in [0.4, 0.5) is 0 Å². The third-order valence-corrected chi connectivity index (χ3v) is 1.81. The van der Waals surface area contributed by atoms with Gasteiger partial charge in [0.05, 0.1) is 0 Å². The molecule has 0 aromatic carbocycles. The quantitative estimate of drug-likeness (QED) is 0.359. The first-order valence-electron chi connectivity index (χ1n) is 3.02. The van der Waals surface area contributed by atoms with E-state index in [-0.39, 0.29) is 18.0 Å². The van der Waals surface area contributed by atoms with Crippen molar-refractivity contribution in [1.29, 1.82) is 0 Å². The second-order valence-electron chi connectivity index (χ2n) is 2.42. The van der Waals surface area contributed by atoms with Gasteiger partial charge in [0.25, 0.3) is 0 Å². The first-order valence-corrected chi connectivity index (χ1v) is 3.02. The van der Waals surface area contributed by atoms with Crippen LogP contribution in [0.5, 0.6) is 0 Å². The summed E-state index contributed by atoms with van der Waals surface area (Å²) in [7, 11) is 0. The molecule has 2 atom stereocenters. The minimum absolute atomic E-state index is 0.0185. The number of esters is 1. The van der Waals surface area contributed by atoms with E-state index in [1.165, 1.54) is 0 Å². The Hall–Kier alpha value is -0.790. The van der Waals surface area contributed by atoms with Gasteiger partial charge in [0, 0.05) is 11.5 Å². The van der Waals surface area contributed by atoms with Crippen LogP contribution in [0.1, 0.15) is 13.8 Å². The molecule has 0 unspecified atom stereocenters. The highest BCUT2D eigenvalue weighted by molar-refractivity contribution is 5.90. The smallest absolute Gasteiger partial charge is 0.334 e. The van der Waals surface area contributed by atoms with Crippen molar-refractivity contribution in [3.63, 3.8) is 0 Å². The van der Waals surface area contributed by atoms with Crippen LogP contribution >= 0.6 is 0 Å². The molecule has 0 amide bonds. The molecule has 50 valence electrons. The molecule has 0 aromatic heterocycles. The predicted octanol–water partition coefficient (Wildman–Crippen LogP) is 1.12. The maximum absolute atomic E-state index is 10.7. The third kappa shape index (κ3) is 0.846. The van der Waals surface area contributed by atoms with Crippen LogP contribution in [0.25, 0.3) is 0 Å². The van der Waals surface area contributed by atoms with E-state index in [1.54, 1.807) is 0 Å². The zero-order chi connectivity index (χ0) is 7.02. The van der Waals surface area contributed by atoms with Crippen molar-refractivity contribution in [3.8, 4) is 0 Å². The molecule has 0 bridgehead atoms. The van der Waals surface area contributed by atoms with Gasteiger partial charge in [-0.05, 0) is 6.92 Å². The van der Waals surface area contributed by atoms with E-state index in [2.05, 4.69) is 6.58 Å². The van der Waals surface area contributed by atoms with E-state index < -0.39 is 0 Å². The second kappa shape index (κ2) is 1.87. The highest BCUT2D eigenvalue weighted by atomic mass is 16.5. The summed E-state index contributed by atoms with van der Waals surface area (Å²) >= 11 is 0. The summed E-state index contributed by atoms with van der Waals surface area (Å²) in [5, 5.41) is 0. The molecule has 1 aliphatic heterocycles. The van der Waals surface area contributed by atoms with Crippen LogP contribution < -0.4 is 0 Å². The molecule has 9 heavy (non-hydrogen) atoms. The predicted molar refractivity (Wildman–Crippen MR) is 33.9 cm³/mol. The molecule has 0 N–H and O–H groups in total. The van der Waals surface area contributed by atoms with E-state index in [9.17, 15) is 4.79 Å². The Morgan fingerprint density at radius 2 is 2.11 bits per heavy atom. The zero-order valence-corrected chi connectivity index (χ0v) is 5.68. The molecule has 2 heteroatoms. The highest BCUT2D eigenvalue weighted by Gasteiger charge is 2.31. The summed E-state index contributed by atoms with van der Waals surface area (Å²) in [6.07, 6.45) is 0.0185. The Kier molecular flexibility index (Phi) is 1.31. The molecule has 2 nitrogen and oxygen atoms in total. The third-order valence-electron chi connectivity index (χ3n) is 1.81. The molecule has 1 fully saturated rings. The first-order chi connectivity index (χ1) is 4.13. The summed E-state index contributed by atoms with van der Waals surface area (Å²) in [5.41, 5.74) is 0.600. The van der Waals surface area contributed by atoms with E-state index >= 15 is 0 Å². The number of rotatable bonds is 0. The monoisotopic (exact) mass is 126 g/mol. The first kappa shape index (κ1) is 6.33. The van der Waals surface area contributed by atoms with Gasteiger partial charge in [0.1, 0.15) is 6.10 Å². The lowest BCUT2D eigenvalue weighted by atomic mass is 10.0. The molecule has 1 heterocycles. The Labute approximate surface area is 54.5 Å². The van der Waals surface area contributed by atoms with E-state index in [4.69, 9.17) is 4.74 Å². The van der Waals surface area contributed by atoms with Gasteiger partial charge >= 0.3 is 5.97 Å². The van der Waals surface area contributed by atoms with Crippen molar-refractivity contribution in [1.82, 2.24) is 0 Å². The van der Waals surface area contributed by atoms with Crippen molar-refractivity contribution in [3.05, 3.63) is 12.2 Å². The van der Waals surface area contributed by atoms with Crippen molar-refractivity contribution in [2.24, 2.45) is 5.92 Å². The Bertz CT molecular complexity index is 160. The van der Waals surface area contributed by atoms with E-state index in [0.717, 1.165) is 0 Å². The second-order valence-corrected chi connectivity index (χ2v) is 2.42. The van der Waals surface area contributed by atoms with Crippen LogP contribution in [0.2, 0.25) is 0 Å². The van der Waals surface area contributed by atoms with Gasteiger partial charge in [-0.25, -0.2) is 4.79 Å². The molecule has 0 aromatic rings. The Morgan fingerprint density at radius 3 is 2.22 bits per heavy atom. The number of ether oxygens (including phenoxy) is 1. The van der Waals surface area contributed by atoms with Gasteiger partial charge < -0.3 is 4.74 Å². The summed E-state index contributed by atoms with van der Waals surface area (Å²) in [6.45, 7) is 7.41. The summed E-state index contributed by atoms with van der Waals surface area (Å²) < 4.78 is 4.85. The van der Waals surface area contributed by atoms with Gasteiger partial charge in [0.15, 0.2) is 0 Å². The SMILES string of the molecule is C=C1C(=O)O[C@H](C)[C@H]1C. The highest BCUT2D eigenvalue weighted by Crippen LogP contribution is 2.24. The van der Waals surface area contributed by atoms with Gasteiger partial charge in [-0.2, -0.15) is 0 Å². The fourth-order valence-electron chi connectivity index (χ4n) is 0.816. The molecule has 0 radical (unpaired) electrons. The molecule has 0 spiro atoms. The number of cyclic esters (lactones) is 1. The lowest BCUT2D eigenvalue weighted by Crippen LogP contribution is -2.06. The average Bonchev–Trinajstić information content (AvgIpc) is 1.98. The number of carbonyl (C=O) groups excluding carboxylic acids is 1. The summed E-state index contributed by atoms with van der Waals surface area (Å²) in [5.74, 6) is -0.0486. The Balaban J connectivity index is 2.77. The minimum atomic E-state index is -0.241. The van der Waals surface area contributed by atoms with Gasteiger partial charge in [0.2, 0.25) is 0 Å². The average molecular weight is 126 g/mol. The molecule has 1 aliphatic rings. The fraction of sp³-hybridized carbons (Fsp3) is 0.571. The maximum atomic E-state index is 10.7. The van der Waals surface area contributed by atoms with E-state index in [1.807, 2.05) is 13.8 Å². The van der Waals surface area contributed by atoms with Gasteiger partial charge in [-0.3, -0.25) is 0 Å². The van der Waals surface area contributed by atoms with Gasteiger partial charge in [-0.1, -0.05) is 13.5 Å².